The highest BCUT2D eigenvalue weighted by Crippen LogP contribution is 2.30. The van der Waals surface area contributed by atoms with Gasteiger partial charge in [0.2, 0.25) is 11.8 Å². The van der Waals surface area contributed by atoms with Gasteiger partial charge < -0.3 is 15.5 Å². The normalized spacial score (nSPS) is 24.2. The molecule has 1 saturated carbocycles. The van der Waals surface area contributed by atoms with Crippen LogP contribution in [0.15, 0.2) is 0 Å². The first-order valence-electron chi connectivity index (χ1n) is 5.44. The van der Waals surface area contributed by atoms with Gasteiger partial charge in [-0.3, -0.25) is 9.59 Å². The van der Waals surface area contributed by atoms with Crippen molar-refractivity contribution in [1.82, 2.24) is 15.5 Å². The van der Waals surface area contributed by atoms with Crippen LogP contribution in [0.1, 0.15) is 19.3 Å². The zero-order chi connectivity index (χ0) is 10.8. The third-order valence-electron chi connectivity index (χ3n) is 2.85. The molecule has 1 aliphatic carbocycles. The van der Waals surface area contributed by atoms with Crippen molar-refractivity contribution in [3.05, 3.63) is 0 Å². The van der Waals surface area contributed by atoms with Gasteiger partial charge in [-0.25, -0.2) is 0 Å². The molecule has 1 aliphatic heterocycles. The number of rotatable bonds is 4. The summed E-state index contributed by atoms with van der Waals surface area (Å²) in [5.74, 6) is 0.153. The molecule has 92 valence electrons. The zero-order valence-electron chi connectivity index (χ0n) is 9.36. The van der Waals surface area contributed by atoms with Crippen LogP contribution in [-0.2, 0) is 9.59 Å². The summed E-state index contributed by atoms with van der Waals surface area (Å²) >= 11 is 0. The molecule has 1 atom stereocenters. The lowest BCUT2D eigenvalue weighted by molar-refractivity contribution is -0.128. The van der Waals surface area contributed by atoms with Crippen molar-refractivity contribution in [3.8, 4) is 0 Å². The van der Waals surface area contributed by atoms with Crippen molar-refractivity contribution < 1.29 is 9.59 Å². The summed E-state index contributed by atoms with van der Waals surface area (Å²) in [4.78, 5) is 24.8. The van der Waals surface area contributed by atoms with E-state index in [9.17, 15) is 9.59 Å². The molecule has 1 unspecified atom stereocenters. The van der Waals surface area contributed by atoms with E-state index in [0.29, 0.717) is 25.6 Å². The molecule has 0 aromatic heterocycles. The Hall–Kier alpha value is -0.810. The van der Waals surface area contributed by atoms with Crippen molar-refractivity contribution in [2.75, 3.05) is 20.1 Å². The fraction of sp³-hybridized carbons (Fsp3) is 0.800. The summed E-state index contributed by atoms with van der Waals surface area (Å²) in [7, 11) is 1.73. The standard InChI is InChI=1S/C10H17N3O2.ClH/c1-11-5-9(14)12-7-4-10(15)13(6-7)8-2-3-8;/h7-8,11H,2-6H2,1H3,(H,12,14);1H. The van der Waals surface area contributed by atoms with E-state index in [-0.39, 0.29) is 30.3 Å². The van der Waals surface area contributed by atoms with Crippen molar-refractivity contribution in [3.63, 3.8) is 0 Å². The molecular weight excluding hydrogens is 230 g/mol. The van der Waals surface area contributed by atoms with Crippen LogP contribution in [0, 0.1) is 0 Å². The van der Waals surface area contributed by atoms with Gasteiger partial charge in [0, 0.05) is 19.0 Å². The van der Waals surface area contributed by atoms with E-state index in [2.05, 4.69) is 10.6 Å². The van der Waals surface area contributed by atoms with Crippen molar-refractivity contribution in [2.24, 2.45) is 0 Å². The van der Waals surface area contributed by atoms with Crippen molar-refractivity contribution in [2.45, 2.75) is 31.3 Å². The highest BCUT2D eigenvalue weighted by atomic mass is 35.5. The van der Waals surface area contributed by atoms with E-state index in [1.807, 2.05) is 4.90 Å². The minimum atomic E-state index is -0.0343. The number of hydrogen-bond acceptors (Lipinski definition) is 3. The number of nitrogens with zero attached hydrogens (tertiary/aromatic N) is 1. The molecule has 0 bridgehead atoms. The second-order valence-electron chi connectivity index (χ2n) is 4.28. The Labute approximate surface area is 101 Å². The molecule has 0 aromatic rings. The summed E-state index contributed by atoms with van der Waals surface area (Å²) in [5, 5.41) is 5.65. The predicted molar refractivity (Wildman–Crippen MR) is 62.5 cm³/mol. The molecule has 0 spiro atoms. The van der Waals surface area contributed by atoms with Gasteiger partial charge in [-0.05, 0) is 19.9 Å². The molecule has 2 fully saturated rings. The lowest BCUT2D eigenvalue weighted by atomic mass is 10.2. The van der Waals surface area contributed by atoms with Gasteiger partial charge in [-0.15, -0.1) is 12.4 Å². The fourth-order valence-corrected chi connectivity index (χ4v) is 2.01. The largest absolute Gasteiger partial charge is 0.350 e. The van der Waals surface area contributed by atoms with Gasteiger partial charge in [-0.2, -0.15) is 0 Å². The van der Waals surface area contributed by atoms with Crippen LogP contribution in [0.5, 0.6) is 0 Å². The van der Waals surface area contributed by atoms with Crippen molar-refractivity contribution >= 4 is 24.2 Å². The Morgan fingerprint density at radius 3 is 2.75 bits per heavy atom. The number of carbonyl (C=O) groups excluding carboxylic acids is 2. The van der Waals surface area contributed by atoms with Gasteiger partial charge >= 0.3 is 0 Å². The number of amides is 2. The Balaban J connectivity index is 0.00000128. The lowest BCUT2D eigenvalue weighted by Gasteiger charge is -2.15. The maximum absolute atomic E-state index is 11.6. The van der Waals surface area contributed by atoms with Crippen LogP contribution in [-0.4, -0.2) is 48.9 Å². The van der Waals surface area contributed by atoms with Gasteiger partial charge in [0.15, 0.2) is 0 Å². The maximum atomic E-state index is 11.6. The van der Waals surface area contributed by atoms with Gasteiger partial charge in [0.05, 0.1) is 12.6 Å². The fourth-order valence-electron chi connectivity index (χ4n) is 2.01. The van der Waals surface area contributed by atoms with E-state index in [1.165, 1.54) is 0 Å². The number of likely N-dealkylation sites (N-methyl/N-ethyl adjacent to an activating group) is 1. The van der Waals surface area contributed by atoms with Gasteiger partial charge in [-0.1, -0.05) is 0 Å². The van der Waals surface area contributed by atoms with Crippen LogP contribution in [0.25, 0.3) is 0 Å². The molecule has 1 heterocycles. The smallest absolute Gasteiger partial charge is 0.234 e. The third kappa shape index (κ3) is 3.09. The molecule has 2 rings (SSSR count). The predicted octanol–water partition coefficient (Wildman–Crippen LogP) is -0.493. The SMILES string of the molecule is CNCC(=O)NC1CC(=O)N(C2CC2)C1.Cl. The Kier molecular flexibility index (Phi) is 4.56. The molecule has 6 heteroatoms. The molecule has 16 heavy (non-hydrogen) atoms. The molecule has 2 amide bonds. The van der Waals surface area contributed by atoms with E-state index >= 15 is 0 Å². The highest BCUT2D eigenvalue weighted by Gasteiger charge is 2.39. The summed E-state index contributed by atoms with van der Waals surface area (Å²) in [6.45, 7) is 1.01. The number of nitrogens with one attached hydrogen (secondary N) is 2. The average molecular weight is 248 g/mol. The topological polar surface area (TPSA) is 61.4 Å². The number of carbonyl (C=O) groups is 2. The van der Waals surface area contributed by atoms with Crippen molar-refractivity contribution in [1.29, 1.82) is 0 Å². The second kappa shape index (κ2) is 5.50. The van der Waals surface area contributed by atoms with E-state index in [1.54, 1.807) is 7.05 Å². The minimum Gasteiger partial charge on any atom is -0.350 e. The Bertz CT molecular complexity index is 281. The zero-order valence-corrected chi connectivity index (χ0v) is 10.2. The minimum absolute atomic E-state index is 0. The third-order valence-corrected chi connectivity index (χ3v) is 2.85. The second-order valence-corrected chi connectivity index (χ2v) is 4.28. The summed E-state index contributed by atoms with van der Waals surface area (Å²) < 4.78 is 0. The van der Waals surface area contributed by atoms with Crippen LogP contribution in [0.2, 0.25) is 0 Å². The Morgan fingerprint density at radius 1 is 1.50 bits per heavy atom. The first-order valence-corrected chi connectivity index (χ1v) is 5.44. The monoisotopic (exact) mass is 247 g/mol. The number of hydrogen-bond donors (Lipinski definition) is 2. The van der Waals surface area contributed by atoms with Crippen LogP contribution in [0.4, 0.5) is 0 Å². The molecular formula is C10H18ClN3O2. The van der Waals surface area contributed by atoms with Gasteiger partial charge in [0.1, 0.15) is 0 Å². The summed E-state index contributed by atoms with van der Waals surface area (Å²) in [5.41, 5.74) is 0. The van der Waals surface area contributed by atoms with E-state index < -0.39 is 0 Å². The van der Waals surface area contributed by atoms with E-state index in [0.717, 1.165) is 12.8 Å². The molecule has 2 N–H and O–H groups in total. The first kappa shape index (κ1) is 13.3. The quantitative estimate of drug-likeness (QED) is 0.705. The molecule has 0 aromatic carbocycles. The molecule has 1 saturated heterocycles. The molecule has 5 nitrogen and oxygen atoms in total. The molecule has 0 radical (unpaired) electrons. The van der Waals surface area contributed by atoms with Crippen LogP contribution < -0.4 is 10.6 Å². The highest BCUT2D eigenvalue weighted by molar-refractivity contribution is 5.85. The maximum Gasteiger partial charge on any atom is 0.234 e. The van der Waals surface area contributed by atoms with Gasteiger partial charge in [0.25, 0.3) is 0 Å². The Morgan fingerprint density at radius 2 is 2.19 bits per heavy atom. The van der Waals surface area contributed by atoms with Crippen LogP contribution >= 0.6 is 12.4 Å². The first-order chi connectivity index (χ1) is 7.20. The molecule has 2 aliphatic rings. The van der Waals surface area contributed by atoms with Crippen LogP contribution in [0.3, 0.4) is 0 Å². The average Bonchev–Trinajstić information content (AvgIpc) is 2.93. The lowest BCUT2D eigenvalue weighted by Crippen LogP contribution is -2.41. The number of likely N-dealkylation sites (tertiary alicyclic amines) is 1. The summed E-state index contributed by atoms with van der Waals surface area (Å²) in [6, 6.07) is 0.475. The number of halogens is 1. The summed E-state index contributed by atoms with van der Waals surface area (Å²) in [6.07, 6.45) is 2.72. The van der Waals surface area contributed by atoms with E-state index in [4.69, 9.17) is 0 Å².